The number of aromatic carboxylic acids is 1. The number of aryl methyl sites for hydroxylation is 1. The van der Waals surface area contributed by atoms with Gasteiger partial charge in [-0.15, -0.1) is 11.3 Å². The summed E-state index contributed by atoms with van der Waals surface area (Å²) in [6.07, 6.45) is 0.143. The SMILES string of the molecule is Cc1cc(-c2cc(C(=O)O)cs2)ccc1OC(C)C. The highest BCUT2D eigenvalue weighted by atomic mass is 32.1. The topological polar surface area (TPSA) is 46.5 Å². The van der Waals surface area contributed by atoms with Gasteiger partial charge in [0.05, 0.1) is 11.7 Å². The Morgan fingerprint density at radius 3 is 2.58 bits per heavy atom. The van der Waals surface area contributed by atoms with Crippen LogP contribution in [0, 0.1) is 6.92 Å². The third-order valence-electron chi connectivity index (χ3n) is 2.67. The van der Waals surface area contributed by atoms with E-state index in [4.69, 9.17) is 9.84 Å². The first-order chi connectivity index (χ1) is 8.97. The summed E-state index contributed by atoms with van der Waals surface area (Å²) in [5, 5.41) is 10.6. The van der Waals surface area contributed by atoms with Crippen LogP contribution in [0.3, 0.4) is 0 Å². The lowest BCUT2D eigenvalue weighted by Crippen LogP contribution is -2.06. The van der Waals surface area contributed by atoms with E-state index in [2.05, 4.69) is 0 Å². The molecule has 0 unspecified atom stereocenters. The molecule has 0 fully saturated rings. The minimum Gasteiger partial charge on any atom is -0.491 e. The molecule has 1 aromatic heterocycles. The van der Waals surface area contributed by atoms with Gasteiger partial charge in [0.15, 0.2) is 0 Å². The van der Waals surface area contributed by atoms with Crippen LogP contribution in [0.2, 0.25) is 0 Å². The lowest BCUT2D eigenvalue weighted by Gasteiger charge is -2.13. The Labute approximate surface area is 116 Å². The van der Waals surface area contributed by atoms with Crippen LogP contribution in [0.1, 0.15) is 29.8 Å². The normalized spacial score (nSPS) is 10.7. The van der Waals surface area contributed by atoms with Crippen LogP contribution in [0.25, 0.3) is 10.4 Å². The van der Waals surface area contributed by atoms with Crippen molar-refractivity contribution in [2.75, 3.05) is 0 Å². The molecule has 1 N–H and O–H groups in total. The highest BCUT2D eigenvalue weighted by Gasteiger charge is 2.10. The van der Waals surface area contributed by atoms with E-state index in [0.717, 1.165) is 21.8 Å². The van der Waals surface area contributed by atoms with E-state index in [1.165, 1.54) is 11.3 Å². The Morgan fingerprint density at radius 2 is 2.05 bits per heavy atom. The first kappa shape index (κ1) is 13.6. The van der Waals surface area contributed by atoms with Crippen molar-refractivity contribution < 1.29 is 14.6 Å². The molecule has 0 atom stereocenters. The number of carbonyl (C=O) groups is 1. The smallest absolute Gasteiger partial charge is 0.336 e. The van der Waals surface area contributed by atoms with Gasteiger partial charge in [-0.05, 0) is 56.2 Å². The van der Waals surface area contributed by atoms with Crippen molar-refractivity contribution in [1.29, 1.82) is 0 Å². The average Bonchev–Trinajstić information content (AvgIpc) is 2.80. The predicted octanol–water partition coefficient (Wildman–Crippen LogP) is 4.21. The molecule has 0 saturated carbocycles. The molecule has 4 heteroatoms. The monoisotopic (exact) mass is 276 g/mol. The van der Waals surface area contributed by atoms with Gasteiger partial charge in [0.2, 0.25) is 0 Å². The molecule has 2 aromatic rings. The molecule has 19 heavy (non-hydrogen) atoms. The Morgan fingerprint density at radius 1 is 1.32 bits per heavy atom. The molecular weight excluding hydrogens is 260 g/mol. The Balaban J connectivity index is 2.30. The molecule has 1 aromatic carbocycles. The number of thiophene rings is 1. The van der Waals surface area contributed by atoms with Crippen molar-refractivity contribution >= 4 is 17.3 Å². The third kappa shape index (κ3) is 3.15. The van der Waals surface area contributed by atoms with Gasteiger partial charge in [-0.1, -0.05) is 0 Å². The second kappa shape index (κ2) is 5.45. The Kier molecular flexibility index (Phi) is 3.90. The van der Waals surface area contributed by atoms with Crippen molar-refractivity contribution in [2.45, 2.75) is 26.9 Å². The van der Waals surface area contributed by atoms with Crippen molar-refractivity contribution in [3.8, 4) is 16.2 Å². The van der Waals surface area contributed by atoms with Gasteiger partial charge in [0, 0.05) is 10.3 Å². The summed E-state index contributed by atoms with van der Waals surface area (Å²) in [4.78, 5) is 11.8. The van der Waals surface area contributed by atoms with Gasteiger partial charge in [0.25, 0.3) is 0 Å². The fraction of sp³-hybridized carbons (Fsp3) is 0.267. The third-order valence-corrected chi connectivity index (χ3v) is 3.65. The number of hydrogen-bond acceptors (Lipinski definition) is 3. The van der Waals surface area contributed by atoms with Crippen LogP contribution >= 0.6 is 11.3 Å². The van der Waals surface area contributed by atoms with Crippen LogP contribution in [0.5, 0.6) is 5.75 Å². The zero-order valence-electron chi connectivity index (χ0n) is 11.1. The van der Waals surface area contributed by atoms with E-state index < -0.39 is 5.97 Å². The van der Waals surface area contributed by atoms with E-state index in [9.17, 15) is 4.79 Å². The molecule has 1 heterocycles. The summed E-state index contributed by atoms with van der Waals surface area (Å²) >= 11 is 1.44. The van der Waals surface area contributed by atoms with Gasteiger partial charge in [0.1, 0.15) is 5.75 Å². The van der Waals surface area contributed by atoms with Gasteiger partial charge in [-0.25, -0.2) is 4.79 Å². The minimum absolute atomic E-state index is 0.143. The van der Waals surface area contributed by atoms with E-state index >= 15 is 0 Å². The summed E-state index contributed by atoms with van der Waals surface area (Å²) < 4.78 is 5.69. The second-order valence-corrected chi connectivity index (χ2v) is 5.56. The molecule has 0 amide bonds. The van der Waals surface area contributed by atoms with E-state index in [1.807, 2.05) is 39.0 Å². The zero-order chi connectivity index (χ0) is 14.0. The molecule has 0 radical (unpaired) electrons. The molecule has 0 aliphatic rings. The largest absolute Gasteiger partial charge is 0.491 e. The van der Waals surface area contributed by atoms with Crippen molar-refractivity contribution in [3.05, 3.63) is 40.8 Å². The molecule has 3 nitrogen and oxygen atoms in total. The van der Waals surface area contributed by atoms with Crippen molar-refractivity contribution in [1.82, 2.24) is 0 Å². The maximum absolute atomic E-state index is 10.9. The average molecular weight is 276 g/mol. The van der Waals surface area contributed by atoms with Crippen LogP contribution < -0.4 is 4.74 Å². The summed E-state index contributed by atoms with van der Waals surface area (Å²) in [6, 6.07) is 7.62. The first-order valence-electron chi connectivity index (χ1n) is 6.07. The standard InChI is InChI=1S/C15H16O3S/c1-9(2)18-13-5-4-11(6-10(13)3)14-7-12(8-19-14)15(16)17/h4-9H,1-3H3,(H,16,17). The molecule has 0 aliphatic carbocycles. The molecule has 100 valence electrons. The number of rotatable bonds is 4. The quantitative estimate of drug-likeness (QED) is 0.910. The number of ether oxygens (including phenoxy) is 1. The van der Waals surface area contributed by atoms with Gasteiger partial charge in [-0.3, -0.25) is 0 Å². The van der Waals surface area contributed by atoms with Crippen LogP contribution in [-0.4, -0.2) is 17.2 Å². The van der Waals surface area contributed by atoms with E-state index in [1.54, 1.807) is 11.4 Å². The highest BCUT2D eigenvalue weighted by Crippen LogP contribution is 2.31. The highest BCUT2D eigenvalue weighted by molar-refractivity contribution is 7.13. The first-order valence-corrected chi connectivity index (χ1v) is 6.95. The predicted molar refractivity (Wildman–Crippen MR) is 77.2 cm³/mol. The Bertz CT molecular complexity index is 599. The summed E-state index contributed by atoms with van der Waals surface area (Å²) in [6.45, 7) is 5.98. The van der Waals surface area contributed by atoms with Crippen LogP contribution in [0.4, 0.5) is 0 Å². The van der Waals surface area contributed by atoms with Crippen molar-refractivity contribution in [3.63, 3.8) is 0 Å². The number of carboxylic acid groups (broad SMARTS) is 1. The van der Waals surface area contributed by atoms with Crippen molar-refractivity contribution in [2.24, 2.45) is 0 Å². The zero-order valence-corrected chi connectivity index (χ0v) is 12.0. The second-order valence-electron chi connectivity index (χ2n) is 4.65. The summed E-state index contributed by atoms with van der Waals surface area (Å²) in [5.41, 5.74) is 2.41. The number of carboxylic acids is 1. The molecule has 0 aliphatic heterocycles. The Hall–Kier alpha value is -1.81. The molecule has 0 saturated heterocycles. The minimum atomic E-state index is -0.890. The maximum atomic E-state index is 10.9. The molecule has 0 bridgehead atoms. The molecule has 0 spiro atoms. The lowest BCUT2D eigenvalue weighted by molar-refractivity contribution is 0.0697. The van der Waals surface area contributed by atoms with Gasteiger partial charge < -0.3 is 9.84 Å². The van der Waals surface area contributed by atoms with E-state index in [-0.39, 0.29) is 6.10 Å². The summed E-state index contributed by atoms with van der Waals surface area (Å²) in [7, 11) is 0. The van der Waals surface area contributed by atoms with Gasteiger partial charge >= 0.3 is 5.97 Å². The molecule has 2 rings (SSSR count). The lowest BCUT2D eigenvalue weighted by atomic mass is 10.1. The molecular formula is C15H16O3S. The summed E-state index contributed by atoms with van der Waals surface area (Å²) in [5.74, 6) is -0.0206. The number of hydrogen-bond donors (Lipinski definition) is 1. The van der Waals surface area contributed by atoms with E-state index in [0.29, 0.717) is 5.56 Å². The fourth-order valence-corrected chi connectivity index (χ4v) is 2.67. The number of benzene rings is 1. The van der Waals surface area contributed by atoms with Gasteiger partial charge in [-0.2, -0.15) is 0 Å². The van der Waals surface area contributed by atoms with Crippen LogP contribution in [-0.2, 0) is 0 Å². The maximum Gasteiger partial charge on any atom is 0.336 e. The van der Waals surface area contributed by atoms with Crippen LogP contribution in [0.15, 0.2) is 29.6 Å². The fourth-order valence-electron chi connectivity index (χ4n) is 1.79.